The van der Waals surface area contributed by atoms with Crippen molar-refractivity contribution in [1.29, 1.82) is 0 Å². The maximum atomic E-state index is 12.9. The second-order valence-electron chi connectivity index (χ2n) is 10.1. The molecule has 1 aliphatic rings. The lowest BCUT2D eigenvalue weighted by molar-refractivity contribution is -0.136. The second kappa shape index (κ2) is 11.0. The summed E-state index contributed by atoms with van der Waals surface area (Å²) in [5.74, 6) is -0.869. The van der Waals surface area contributed by atoms with Crippen LogP contribution in [0.25, 0.3) is 0 Å². The minimum Gasteiger partial charge on any atom is -0.481 e. The average Bonchev–Trinajstić information content (AvgIpc) is 2.70. The first kappa shape index (κ1) is 25.2. The molecule has 1 aromatic carbocycles. The number of nitrogens with zero attached hydrogens (tertiary/aromatic N) is 1. The van der Waals surface area contributed by atoms with Crippen LogP contribution >= 0.6 is 0 Å². The quantitative estimate of drug-likeness (QED) is 0.445. The van der Waals surface area contributed by atoms with Crippen molar-refractivity contribution >= 4 is 23.3 Å². The molecule has 2 N–H and O–H groups in total. The lowest BCUT2D eigenvalue weighted by Gasteiger charge is -2.37. The predicted molar refractivity (Wildman–Crippen MR) is 129 cm³/mol. The number of hydrogen-bond acceptors (Lipinski definition) is 3. The summed E-state index contributed by atoms with van der Waals surface area (Å²) in [6.45, 7) is 13.9. The number of anilines is 2. The van der Waals surface area contributed by atoms with E-state index in [2.05, 4.69) is 17.1 Å². The SMILES string of the molecule is CCCCCCCCN1CCCc2c(C)c(CC(=O)O)c(C)c(NC(=O)C(C)(C)C)c21. The van der Waals surface area contributed by atoms with Crippen LogP contribution in [0.1, 0.15) is 94.9 Å². The largest absolute Gasteiger partial charge is 0.481 e. The van der Waals surface area contributed by atoms with Gasteiger partial charge in [-0.1, -0.05) is 59.8 Å². The third-order valence-electron chi connectivity index (χ3n) is 6.46. The number of benzene rings is 1. The van der Waals surface area contributed by atoms with E-state index in [0.29, 0.717) is 0 Å². The van der Waals surface area contributed by atoms with Gasteiger partial charge in [0, 0.05) is 18.5 Å². The van der Waals surface area contributed by atoms with E-state index in [4.69, 9.17) is 0 Å². The van der Waals surface area contributed by atoms with Gasteiger partial charge in [-0.2, -0.15) is 0 Å². The Hall–Kier alpha value is -2.04. The van der Waals surface area contributed by atoms with Gasteiger partial charge in [0.1, 0.15) is 0 Å². The maximum Gasteiger partial charge on any atom is 0.307 e. The fraction of sp³-hybridized carbons (Fsp3) is 0.692. The van der Waals surface area contributed by atoms with E-state index in [1.807, 2.05) is 34.6 Å². The highest BCUT2D eigenvalue weighted by molar-refractivity contribution is 6.00. The lowest BCUT2D eigenvalue weighted by Crippen LogP contribution is -2.34. The predicted octanol–water partition coefficient (Wildman–Crippen LogP) is 6.03. The Morgan fingerprint density at radius 3 is 2.29 bits per heavy atom. The fourth-order valence-electron chi connectivity index (χ4n) is 4.51. The van der Waals surface area contributed by atoms with Crippen LogP contribution in [0, 0.1) is 19.3 Å². The molecule has 1 heterocycles. The molecule has 0 spiro atoms. The van der Waals surface area contributed by atoms with Gasteiger partial charge >= 0.3 is 5.97 Å². The monoisotopic (exact) mass is 430 g/mol. The van der Waals surface area contributed by atoms with Gasteiger partial charge in [0.25, 0.3) is 0 Å². The molecular weight excluding hydrogens is 388 g/mol. The van der Waals surface area contributed by atoms with Gasteiger partial charge in [-0.15, -0.1) is 0 Å². The van der Waals surface area contributed by atoms with Crippen molar-refractivity contribution in [3.05, 3.63) is 22.3 Å². The highest BCUT2D eigenvalue weighted by atomic mass is 16.4. The number of rotatable bonds is 10. The number of nitrogens with one attached hydrogen (secondary N) is 1. The van der Waals surface area contributed by atoms with Crippen molar-refractivity contribution in [2.75, 3.05) is 23.3 Å². The van der Waals surface area contributed by atoms with E-state index in [1.165, 1.54) is 37.7 Å². The third kappa shape index (κ3) is 6.47. The molecule has 1 amide bonds. The third-order valence-corrected chi connectivity index (χ3v) is 6.46. The molecule has 1 aliphatic heterocycles. The first-order chi connectivity index (χ1) is 14.6. The average molecular weight is 431 g/mol. The number of amides is 1. The molecule has 31 heavy (non-hydrogen) atoms. The number of aliphatic carboxylic acids is 1. The summed E-state index contributed by atoms with van der Waals surface area (Å²) in [4.78, 5) is 26.9. The molecule has 174 valence electrons. The van der Waals surface area contributed by atoms with Gasteiger partial charge in [0.2, 0.25) is 5.91 Å². The van der Waals surface area contributed by atoms with Crippen molar-refractivity contribution < 1.29 is 14.7 Å². The molecule has 0 radical (unpaired) electrons. The van der Waals surface area contributed by atoms with Crippen LogP contribution in [-0.2, 0) is 22.4 Å². The van der Waals surface area contributed by atoms with Gasteiger partial charge in [0.05, 0.1) is 17.8 Å². The van der Waals surface area contributed by atoms with Crippen LogP contribution < -0.4 is 10.2 Å². The Morgan fingerprint density at radius 2 is 1.68 bits per heavy atom. The summed E-state index contributed by atoms with van der Waals surface area (Å²) >= 11 is 0. The van der Waals surface area contributed by atoms with Crippen LogP contribution in [0.15, 0.2) is 0 Å². The van der Waals surface area contributed by atoms with Crippen molar-refractivity contribution in [3.63, 3.8) is 0 Å². The zero-order valence-electron chi connectivity index (χ0n) is 20.5. The highest BCUT2D eigenvalue weighted by Gasteiger charge is 2.30. The van der Waals surface area contributed by atoms with Gasteiger partial charge < -0.3 is 15.3 Å². The van der Waals surface area contributed by atoms with Gasteiger partial charge in [-0.25, -0.2) is 0 Å². The Bertz CT molecular complexity index is 793. The summed E-state index contributed by atoms with van der Waals surface area (Å²) in [6.07, 6.45) is 9.49. The van der Waals surface area contributed by atoms with E-state index in [9.17, 15) is 14.7 Å². The standard InChI is InChI=1S/C26H42N2O3/c1-7-8-9-10-11-12-15-28-16-13-14-20-18(2)21(17-22(29)30)19(3)23(24(20)28)27-25(31)26(4,5)6/h7-17H2,1-6H3,(H,27,31)(H,29,30). The first-order valence-electron chi connectivity index (χ1n) is 12.0. The Kier molecular flexibility index (Phi) is 8.96. The minimum absolute atomic E-state index is 0.0131. The van der Waals surface area contributed by atoms with Crippen molar-refractivity contribution in [1.82, 2.24) is 0 Å². The Labute approximate surface area is 188 Å². The van der Waals surface area contributed by atoms with Gasteiger partial charge in [0.15, 0.2) is 0 Å². The van der Waals surface area contributed by atoms with E-state index in [-0.39, 0.29) is 12.3 Å². The molecule has 1 aromatic rings. The van der Waals surface area contributed by atoms with Crippen LogP contribution in [-0.4, -0.2) is 30.1 Å². The van der Waals surface area contributed by atoms with Crippen molar-refractivity contribution in [2.24, 2.45) is 5.41 Å². The molecule has 0 saturated heterocycles. The van der Waals surface area contributed by atoms with Crippen LogP contribution in [0.5, 0.6) is 0 Å². The smallest absolute Gasteiger partial charge is 0.307 e. The summed E-state index contributed by atoms with van der Waals surface area (Å²) in [7, 11) is 0. The summed E-state index contributed by atoms with van der Waals surface area (Å²) in [5, 5.41) is 12.7. The van der Waals surface area contributed by atoms with Crippen molar-refractivity contribution in [3.8, 4) is 0 Å². The number of carbonyl (C=O) groups excluding carboxylic acids is 1. The zero-order chi connectivity index (χ0) is 23.2. The molecule has 0 saturated carbocycles. The molecule has 0 bridgehead atoms. The molecule has 2 rings (SSSR count). The highest BCUT2D eigenvalue weighted by Crippen LogP contribution is 2.42. The number of carbonyl (C=O) groups is 2. The van der Waals surface area contributed by atoms with E-state index < -0.39 is 11.4 Å². The molecular formula is C26H42N2O3. The lowest BCUT2D eigenvalue weighted by atomic mass is 9.86. The zero-order valence-corrected chi connectivity index (χ0v) is 20.5. The number of hydrogen-bond donors (Lipinski definition) is 2. The molecule has 0 unspecified atom stereocenters. The minimum atomic E-state index is -0.834. The molecule has 5 heteroatoms. The Balaban J connectivity index is 2.41. The van der Waals surface area contributed by atoms with Gasteiger partial charge in [-0.05, 0) is 55.4 Å². The van der Waals surface area contributed by atoms with E-state index in [1.54, 1.807) is 0 Å². The molecule has 0 aliphatic carbocycles. The summed E-state index contributed by atoms with van der Waals surface area (Å²) in [6, 6.07) is 0. The van der Waals surface area contributed by atoms with Crippen LogP contribution in [0.2, 0.25) is 0 Å². The van der Waals surface area contributed by atoms with Crippen LogP contribution in [0.3, 0.4) is 0 Å². The van der Waals surface area contributed by atoms with Gasteiger partial charge in [-0.3, -0.25) is 9.59 Å². The summed E-state index contributed by atoms with van der Waals surface area (Å²) in [5.41, 5.74) is 5.46. The molecule has 0 fully saturated rings. The second-order valence-corrected chi connectivity index (χ2v) is 10.1. The normalized spacial score (nSPS) is 13.8. The molecule has 0 aromatic heterocycles. The number of carboxylic acids is 1. The summed E-state index contributed by atoms with van der Waals surface area (Å²) < 4.78 is 0. The van der Waals surface area contributed by atoms with Crippen LogP contribution in [0.4, 0.5) is 11.4 Å². The molecule has 5 nitrogen and oxygen atoms in total. The maximum absolute atomic E-state index is 12.9. The fourth-order valence-corrected chi connectivity index (χ4v) is 4.51. The van der Waals surface area contributed by atoms with E-state index >= 15 is 0 Å². The van der Waals surface area contributed by atoms with E-state index in [0.717, 1.165) is 60.4 Å². The number of carboxylic acid groups (broad SMARTS) is 1. The topological polar surface area (TPSA) is 69.6 Å². The Morgan fingerprint density at radius 1 is 1.03 bits per heavy atom. The first-order valence-corrected chi connectivity index (χ1v) is 12.0. The van der Waals surface area contributed by atoms with Crippen molar-refractivity contribution in [2.45, 2.75) is 99.3 Å². The number of unbranched alkanes of at least 4 members (excludes halogenated alkanes) is 5. The molecule has 0 atom stereocenters. The number of fused-ring (bicyclic) bond motifs is 1.